The average Bonchev–Trinajstić information content (AvgIpc) is 3.62. The number of benzene rings is 3. The van der Waals surface area contributed by atoms with E-state index in [-0.39, 0.29) is 11.3 Å². The molecule has 1 amide bonds. The van der Waals surface area contributed by atoms with E-state index in [0.717, 1.165) is 5.56 Å². The molecule has 41 heavy (non-hydrogen) atoms. The quantitative estimate of drug-likeness (QED) is 0.159. The summed E-state index contributed by atoms with van der Waals surface area (Å²) in [5.41, 5.74) is 2.08. The zero-order valence-corrected chi connectivity index (χ0v) is 22.9. The molecule has 9 heteroatoms. The summed E-state index contributed by atoms with van der Waals surface area (Å²) in [6.45, 7) is 1.34. The van der Waals surface area contributed by atoms with Gasteiger partial charge in [-0.15, -0.1) is 0 Å². The van der Waals surface area contributed by atoms with Crippen molar-refractivity contribution < 1.29 is 28.9 Å². The lowest BCUT2D eigenvalue weighted by Gasteiger charge is -2.25. The topological polar surface area (TPSA) is 103 Å². The first kappa shape index (κ1) is 27.5. The zero-order chi connectivity index (χ0) is 28.8. The van der Waals surface area contributed by atoms with E-state index in [1.54, 1.807) is 42.9 Å². The lowest BCUT2D eigenvalue weighted by Crippen LogP contribution is -2.31. The van der Waals surface area contributed by atoms with Crippen LogP contribution in [-0.2, 0) is 22.7 Å². The number of aliphatic hydroxyl groups excluding tert-OH is 1. The Balaban J connectivity index is 1.47. The van der Waals surface area contributed by atoms with Gasteiger partial charge in [-0.3, -0.25) is 9.59 Å². The van der Waals surface area contributed by atoms with Gasteiger partial charge in [0.25, 0.3) is 11.7 Å². The van der Waals surface area contributed by atoms with Crippen LogP contribution in [0.25, 0.3) is 5.76 Å². The fourth-order valence-electron chi connectivity index (χ4n) is 4.93. The number of rotatable bonds is 11. The Morgan fingerprint density at radius 3 is 2.37 bits per heavy atom. The van der Waals surface area contributed by atoms with Crippen LogP contribution >= 0.6 is 0 Å². The fourth-order valence-corrected chi connectivity index (χ4v) is 4.93. The van der Waals surface area contributed by atoms with Crippen LogP contribution in [0.15, 0.2) is 97.1 Å². The fraction of sp³-hybridized carbons (Fsp3) is 0.219. The third-order valence-corrected chi connectivity index (χ3v) is 7.02. The van der Waals surface area contributed by atoms with Gasteiger partial charge in [0.2, 0.25) is 0 Å². The van der Waals surface area contributed by atoms with Crippen molar-refractivity contribution in [2.45, 2.75) is 25.6 Å². The molecule has 1 saturated heterocycles. The number of hydrogen-bond acceptors (Lipinski definition) is 7. The van der Waals surface area contributed by atoms with Crippen LogP contribution < -0.4 is 14.2 Å². The van der Waals surface area contributed by atoms with Crippen LogP contribution in [0.5, 0.6) is 17.2 Å². The normalized spacial score (nSPS) is 16.1. The lowest BCUT2D eigenvalue weighted by atomic mass is 9.95. The van der Waals surface area contributed by atoms with E-state index < -0.39 is 17.7 Å². The van der Waals surface area contributed by atoms with Crippen molar-refractivity contribution in [1.29, 1.82) is 0 Å². The summed E-state index contributed by atoms with van der Waals surface area (Å²) in [5.74, 6) is -0.166. The number of Topliss-reactive ketones (excluding diaryl/α,β-unsaturated/α-hetero) is 1. The molecular formula is C32H31N3O6. The maximum Gasteiger partial charge on any atom is 0.295 e. The van der Waals surface area contributed by atoms with E-state index in [1.165, 1.54) is 19.1 Å². The molecule has 1 aromatic heterocycles. The van der Waals surface area contributed by atoms with E-state index >= 15 is 0 Å². The Morgan fingerprint density at radius 1 is 0.927 bits per heavy atom. The van der Waals surface area contributed by atoms with E-state index in [9.17, 15) is 14.7 Å². The molecule has 0 aliphatic carbocycles. The molecule has 0 spiro atoms. The number of amides is 1. The molecule has 1 atom stereocenters. The number of nitrogens with zero attached hydrogens (tertiary/aromatic N) is 3. The van der Waals surface area contributed by atoms with Gasteiger partial charge in [-0.05, 0) is 47.9 Å². The first-order valence-corrected chi connectivity index (χ1v) is 13.2. The summed E-state index contributed by atoms with van der Waals surface area (Å²) < 4.78 is 18.5. The maximum atomic E-state index is 13.4. The van der Waals surface area contributed by atoms with Crippen molar-refractivity contribution in [3.05, 3.63) is 114 Å². The molecule has 4 aromatic rings. The molecule has 1 fully saturated rings. The van der Waals surface area contributed by atoms with Crippen LogP contribution in [0.2, 0.25) is 0 Å². The Bertz CT molecular complexity index is 1530. The molecule has 1 N–H and O–H groups in total. The first-order chi connectivity index (χ1) is 20.0. The van der Waals surface area contributed by atoms with Gasteiger partial charge in [-0.2, -0.15) is 0 Å². The number of aryl methyl sites for hydroxylation is 1. The van der Waals surface area contributed by atoms with Crippen LogP contribution in [-0.4, -0.2) is 52.0 Å². The first-order valence-electron chi connectivity index (χ1n) is 13.2. The van der Waals surface area contributed by atoms with Gasteiger partial charge >= 0.3 is 0 Å². The van der Waals surface area contributed by atoms with Crippen LogP contribution in [0.1, 0.15) is 29.2 Å². The second-order valence-corrected chi connectivity index (χ2v) is 9.56. The molecular weight excluding hydrogens is 522 g/mol. The summed E-state index contributed by atoms with van der Waals surface area (Å²) in [5, 5.41) is 11.4. The lowest BCUT2D eigenvalue weighted by molar-refractivity contribution is -0.139. The summed E-state index contributed by atoms with van der Waals surface area (Å²) in [6, 6.07) is 21.2. The third-order valence-electron chi connectivity index (χ3n) is 7.02. The van der Waals surface area contributed by atoms with Gasteiger partial charge in [-0.1, -0.05) is 42.5 Å². The van der Waals surface area contributed by atoms with Gasteiger partial charge in [-0.25, -0.2) is 4.98 Å². The van der Waals surface area contributed by atoms with Crippen LogP contribution in [0.4, 0.5) is 0 Å². The number of aliphatic hydroxyl groups is 1. The number of likely N-dealkylation sites (tertiary alicyclic amines) is 1. The number of aromatic nitrogens is 2. The SMILES string of the molecule is COc1ccc(C(O)=C2C(=O)C(=O)N(CCCn3ccnc3)C2c2ccc(OCc3ccccc3)cc2)cc1OC. The molecule has 9 nitrogen and oxygen atoms in total. The largest absolute Gasteiger partial charge is 0.507 e. The molecule has 3 aromatic carbocycles. The monoisotopic (exact) mass is 553 g/mol. The molecule has 1 aliphatic heterocycles. The van der Waals surface area contributed by atoms with Gasteiger partial charge < -0.3 is 28.8 Å². The second-order valence-electron chi connectivity index (χ2n) is 9.56. The average molecular weight is 554 g/mol. The third kappa shape index (κ3) is 5.94. The van der Waals surface area contributed by atoms with Crippen LogP contribution in [0.3, 0.4) is 0 Å². The van der Waals surface area contributed by atoms with Gasteiger partial charge in [0.15, 0.2) is 11.5 Å². The number of carbonyl (C=O) groups excluding carboxylic acids is 2. The van der Waals surface area contributed by atoms with Crippen molar-refractivity contribution in [2.24, 2.45) is 0 Å². The maximum absolute atomic E-state index is 13.4. The minimum atomic E-state index is -0.783. The van der Waals surface area contributed by atoms with Crippen molar-refractivity contribution >= 4 is 17.4 Å². The highest BCUT2D eigenvalue weighted by Crippen LogP contribution is 2.41. The number of methoxy groups -OCH3 is 2. The van der Waals surface area contributed by atoms with Crippen molar-refractivity contribution in [3.8, 4) is 17.2 Å². The van der Waals surface area contributed by atoms with Crippen molar-refractivity contribution in [2.75, 3.05) is 20.8 Å². The Morgan fingerprint density at radius 2 is 1.68 bits per heavy atom. The molecule has 0 saturated carbocycles. The number of ketones is 1. The van der Waals surface area contributed by atoms with E-state index in [2.05, 4.69) is 4.98 Å². The minimum absolute atomic E-state index is 0.0165. The summed E-state index contributed by atoms with van der Waals surface area (Å²) in [6.07, 6.45) is 5.83. The Labute approximate surface area is 238 Å². The highest BCUT2D eigenvalue weighted by Gasteiger charge is 2.45. The molecule has 0 bridgehead atoms. The predicted molar refractivity (Wildman–Crippen MR) is 153 cm³/mol. The van der Waals surface area contributed by atoms with Gasteiger partial charge in [0.05, 0.1) is 32.2 Å². The van der Waals surface area contributed by atoms with E-state index in [4.69, 9.17) is 14.2 Å². The standard InChI is InChI=1S/C32H31N3O6/c1-39-26-14-11-24(19-27(26)40-2)30(36)28-29(35(32(38)31(28)37)17-6-16-34-18-15-33-21-34)23-9-12-25(13-10-23)41-20-22-7-4-3-5-8-22/h3-5,7-15,18-19,21,29,36H,6,16-17,20H2,1-2H3. The number of imidazole rings is 1. The number of carbonyl (C=O) groups is 2. The second kappa shape index (κ2) is 12.4. The summed E-state index contributed by atoms with van der Waals surface area (Å²) in [7, 11) is 3.00. The minimum Gasteiger partial charge on any atom is -0.507 e. The van der Waals surface area contributed by atoms with E-state index in [1.807, 2.05) is 53.2 Å². The Kier molecular flexibility index (Phi) is 8.34. The van der Waals surface area contributed by atoms with Crippen molar-refractivity contribution in [1.82, 2.24) is 14.5 Å². The highest BCUT2D eigenvalue weighted by molar-refractivity contribution is 6.46. The van der Waals surface area contributed by atoms with Gasteiger partial charge in [0, 0.05) is 31.0 Å². The molecule has 1 unspecified atom stereocenters. The molecule has 5 rings (SSSR count). The van der Waals surface area contributed by atoms with Crippen LogP contribution in [0, 0.1) is 0 Å². The molecule has 1 aliphatic rings. The Hall–Kier alpha value is -5.05. The van der Waals surface area contributed by atoms with E-state index in [0.29, 0.717) is 54.5 Å². The molecule has 2 heterocycles. The molecule has 210 valence electrons. The summed E-state index contributed by atoms with van der Waals surface area (Å²) in [4.78, 5) is 32.3. The predicted octanol–water partition coefficient (Wildman–Crippen LogP) is 4.99. The smallest absolute Gasteiger partial charge is 0.295 e. The number of hydrogen-bond donors (Lipinski definition) is 1. The zero-order valence-electron chi connectivity index (χ0n) is 22.9. The highest BCUT2D eigenvalue weighted by atomic mass is 16.5. The summed E-state index contributed by atoms with van der Waals surface area (Å²) >= 11 is 0. The van der Waals surface area contributed by atoms with Gasteiger partial charge in [0.1, 0.15) is 18.1 Å². The molecule has 0 radical (unpaired) electrons. The number of ether oxygens (including phenoxy) is 3. The van der Waals surface area contributed by atoms with Crippen molar-refractivity contribution in [3.63, 3.8) is 0 Å².